The molecule has 0 amide bonds. The first-order valence-electron chi connectivity index (χ1n) is 9.08. The third-order valence-electron chi connectivity index (χ3n) is 6.95. The Morgan fingerprint density at radius 1 is 1.32 bits per heavy atom. The van der Waals surface area contributed by atoms with Crippen LogP contribution in [0.1, 0.15) is 46.0 Å². The second kappa shape index (κ2) is 4.37. The molecule has 3 unspecified atom stereocenters. The molecule has 1 saturated carbocycles. The number of likely N-dealkylation sites (tertiary alicyclic amines) is 1. The fraction of sp³-hybridized carbons (Fsp3) is 0.650. The Labute approximate surface area is 133 Å². The van der Waals surface area contributed by atoms with Crippen molar-refractivity contribution < 1.29 is 0 Å². The molecular weight excluding hydrogens is 268 g/mol. The van der Waals surface area contributed by atoms with Crippen LogP contribution in [0, 0.1) is 17.3 Å². The Balaban J connectivity index is 1.71. The molecule has 116 valence electrons. The zero-order valence-electron chi connectivity index (χ0n) is 13.8. The molecule has 0 aromatic carbocycles. The van der Waals surface area contributed by atoms with Gasteiger partial charge in [-0.15, -0.1) is 0 Å². The van der Waals surface area contributed by atoms with E-state index < -0.39 is 0 Å². The Kier molecular flexibility index (Phi) is 2.61. The maximum Gasteiger partial charge on any atom is 0.0570 e. The monoisotopic (exact) mass is 294 g/mol. The first kappa shape index (κ1) is 13.2. The van der Waals surface area contributed by atoms with E-state index in [9.17, 15) is 0 Å². The lowest BCUT2D eigenvalue weighted by Gasteiger charge is -2.46. The van der Waals surface area contributed by atoms with Gasteiger partial charge in [0.05, 0.1) is 6.54 Å². The van der Waals surface area contributed by atoms with Crippen molar-refractivity contribution in [2.24, 2.45) is 22.2 Å². The van der Waals surface area contributed by atoms with Crippen LogP contribution in [0.4, 0.5) is 0 Å². The van der Waals surface area contributed by atoms with E-state index in [1.165, 1.54) is 38.6 Å². The Hall–Kier alpha value is -1.31. The van der Waals surface area contributed by atoms with Gasteiger partial charge in [-0.1, -0.05) is 31.6 Å². The number of rotatable bonds is 2. The zero-order chi connectivity index (χ0) is 14.9. The van der Waals surface area contributed by atoms with Gasteiger partial charge >= 0.3 is 0 Å². The number of hydrogen-bond acceptors (Lipinski definition) is 2. The molecule has 2 nitrogen and oxygen atoms in total. The van der Waals surface area contributed by atoms with Crippen molar-refractivity contribution >= 4 is 6.21 Å². The van der Waals surface area contributed by atoms with Crippen LogP contribution in [0.2, 0.25) is 0 Å². The molecule has 2 aliphatic heterocycles. The van der Waals surface area contributed by atoms with Crippen molar-refractivity contribution in [1.29, 1.82) is 0 Å². The minimum absolute atomic E-state index is 0.153. The fourth-order valence-electron chi connectivity index (χ4n) is 5.31. The average molecular weight is 294 g/mol. The highest BCUT2D eigenvalue weighted by molar-refractivity contribution is 5.75. The highest BCUT2D eigenvalue weighted by Gasteiger charge is 2.51. The van der Waals surface area contributed by atoms with Crippen LogP contribution in [-0.2, 0) is 0 Å². The maximum atomic E-state index is 4.73. The predicted octanol–water partition coefficient (Wildman–Crippen LogP) is 4.11. The van der Waals surface area contributed by atoms with E-state index in [1.807, 2.05) is 0 Å². The van der Waals surface area contributed by atoms with Crippen molar-refractivity contribution in [3.63, 3.8) is 0 Å². The molecule has 0 N–H and O–H groups in total. The molecule has 0 aromatic rings. The Morgan fingerprint density at radius 3 is 3.00 bits per heavy atom. The lowest BCUT2D eigenvalue weighted by atomic mass is 9.66. The Bertz CT molecular complexity index is 647. The number of nitrogens with zero attached hydrogens (tertiary/aromatic N) is 2. The van der Waals surface area contributed by atoms with Crippen molar-refractivity contribution in [3.8, 4) is 0 Å². The highest BCUT2D eigenvalue weighted by atomic mass is 15.2. The number of aliphatic imine (C=N–C) groups is 1. The van der Waals surface area contributed by atoms with Gasteiger partial charge in [0.25, 0.3) is 0 Å². The number of hydrogen-bond donors (Lipinski definition) is 0. The Morgan fingerprint density at radius 2 is 2.18 bits per heavy atom. The quantitative estimate of drug-likeness (QED) is 0.748. The molecule has 2 heterocycles. The lowest BCUT2D eigenvalue weighted by molar-refractivity contribution is 0.146. The van der Waals surface area contributed by atoms with Crippen molar-refractivity contribution in [2.45, 2.75) is 52.0 Å². The SMILES string of the molecule is CC1C2CC3=C(CCC4=C3/C=C\C/N=C\C41C)N2CC1CC1. The summed E-state index contributed by atoms with van der Waals surface area (Å²) in [5.74, 6) is 1.62. The molecule has 5 bridgehead atoms. The zero-order valence-corrected chi connectivity index (χ0v) is 13.8. The second-order valence-electron chi connectivity index (χ2n) is 8.15. The molecule has 0 radical (unpaired) electrons. The van der Waals surface area contributed by atoms with Crippen LogP contribution in [0.3, 0.4) is 0 Å². The molecule has 3 aliphatic carbocycles. The van der Waals surface area contributed by atoms with Crippen molar-refractivity contribution in [2.75, 3.05) is 13.1 Å². The van der Waals surface area contributed by atoms with Gasteiger partial charge in [-0.25, -0.2) is 0 Å². The van der Waals surface area contributed by atoms with Gasteiger partial charge in [0, 0.05) is 29.9 Å². The normalized spacial score (nSPS) is 42.4. The molecule has 1 fully saturated rings. The molecule has 3 atom stereocenters. The van der Waals surface area contributed by atoms with E-state index in [2.05, 4.69) is 37.1 Å². The summed E-state index contributed by atoms with van der Waals surface area (Å²) in [7, 11) is 0. The smallest absolute Gasteiger partial charge is 0.0570 e. The maximum absolute atomic E-state index is 4.73. The van der Waals surface area contributed by atoms with Gasteiger partial charge in [-0.2, -0.15) is 0 Å². The van der Waals surface area contributed by atoms with Gasteiger partial charge in [0.1, 0.15) is 0 Å². The first-order valence-corrected chi connectivity index (χ1v) is 9.08. The fourth-order valence-corrected chi connectivity index (χ4v) is 5.31. The molecule has 0 spiro atoms. The summed E-state index contributed by atoms with van der Waals surface area (Å²) in [6, 6.07) is 0.696. The summed E-state index contributed by atoms with van der Waals surface area (Å²) < 4.78 is 0. The van der Waals surface area contributed by atoms with Crippen LogP contribution in [0.15, 0.2) is 39.6 Å². The molecule has 0 saturated heterocycles. The minimum atomic E-state index is 0.153. The van der Waals surface area contributed by atoms with Gasteiger partial charge < -0.3 is 4.90 Å². The van der Waals surface area contributed by atoms with E-state index in [1.54, 1.807) is 22.4 Å². The average Bonchev–Trinajstić information content (AvgIpc) is 3.24. The van der Waals surface area contributed by atoms with Crippen LogP contribution in [0.25, 0.3) is 0 Å². The molecule has 0 aromatic heterocycles. The summed E-state index contributed by atoms with van der Waals surface area (Å²) >= 11 is 0. The molecular formula is C20H26N2. The van der Waals surface area contributed by atoms with Crippen molar-refractivity contribution in [3.05, 3.63) is 34.6 Å². The van der Waals surface area contributed by atoms with Gasteiger partial charge in [0.2, 0.25) is 0 Å². The lowest BCUT2D eigenvalue weighted by Crippen LogP contribution is -2.46. The summed E-state index contributed by atoms with van der Waals surface area (Å²) in [4.78, 5) is 7.56. The van der Waals surface area contributed by atoms with E-state index in [0.29, 0.717) is 12.0 Å². The van der Waals surface area contributed by atoms with E-state index >= 15 is 0 Å². The van der Waals surface area contributed by atoms with Crippen LogP contribution in [0.5, 0.6) is 0 Å². The molecule has 22 heavy (non-hydrogen) atoms. The number of allylic oxidation sites excluding steroid dienone is 4. The second-order valence-corrected chi connectivity index (χ2v) is 8.15. The number of fused-ring (bicyclic) bond motifs is 1. The van der Waals surface area contributed by atoms with Crippen molar-refractivity contribution in [1.82, 2.24) is 4.90 Å². The topological polar surface area (TPSA) is 15.6 Å². The first-order chi connectivity index (χ1) is 10.7. The molecule has 5 aliphatic rings. The van der Waals surface area contributed by atoms with Gasteiger partial charge in [-0.05, 0) is 55.1 Å². The van der Waals surface area contributed by atoms with Gasteiger partial charge in [0.15, 0.2) is 0 Å². The van der Waals surface area contributed by atoms with Crippen LogP contribution >= 0.6 is 0 Å². The molecule has 5 rings (SSSR count). The van der Waals surface area contributed by atoms with Crippen LogP contribution in [-0.4, -0.2) is 30.2 Å². The standard InChI is InChI=1S/C20H26N2/c1-13-19-10-16-15-4-3-9-21-12-20(13,2)17(15)7-8-18(16)22(19)11-14-5-6-14/h3-4,12-14,19H,5-11H2,1-2H3/b4-3-,21-12-. The summed E-state index contributed by atoms with van der Waals surface area (Å²) in [6.07, 6.45) is 13.6. The molecule has 2 heteroatoms. The summed E-state index contributed by atoms with van der Waals surface area (Å²) in [6.45, 7) is 7.10. The third-order valence-corrected chi connectivity index (χ3v) is 6.95. The minimum Gasteiger partial charge on any atom is -0.371 e. The third kappa shape index (κ3) is 1.64. The van der Waals surface area contributed by atoms with E-state index in [4.69, 9.17) is 4.99 Å². The van der Waals surface area contributed by atoms with Gasteiger partial charge in [-0.3, -0.25) is 4.99 Å². The predicted molar refractivity (Wildman–Crippen MR) is 90.9 cm³/mol. The highest BCUT2D eigenvalue weighted by Crippen LogP contribution is 2.56. The van der Waals surface area contributed by atoms with E-state index in [0.717, 1.165) is 12.5 Å². The summed E-state index contributed by atoms with van der Waals surface area (Å²) in [5.41, 5.74) is 6.80. The largest absolute Gasteiger partial charge is 0.371 e. The summed E-state index contributed by atoms with van der Waals surface area (Å²) in [5, 5.41) is 0. The van der Waals surface area contributed by atoms with Crippen LogP contribution < -0.4 is 0 Å². The van der Waals surface area contributed by atoms with E-state index in [-0.39, 0.29) is 5.41 Å².